The summed E-state index contributed by atoms with van der Waals surface area (Å²) in [5.74, 6) is 0. The molecular formula is C26H31N5O2. The standard InChI is InChI=1S/C26H31N5O2/c1-18(27)21-10-9-20(31-14-12-30(13-15-31)11-6-16-32)17-24(21)28-19(2)25-22-7-4-3-5-8-23(22)29-26(25)33/h3-5,7-10,17,27,32H,6,11-16H2,1-2H3,(H,29,33). The minimum Gasteiger partial charge on any atom is -0.396 e. The number of hydrogen-bond donors (Lipinski definition) is 3. The molecule has 0 spiro atoms. The maximum atomic E-state index is 12.7. The Morgan fingerprint density at radius 2 is 1.85 bits per heavy atom. The third-order valence-electron chi connectivity index (χ3n) is 6.19. The van der Waals surface area contributed by atoms with Gasteiger partial charge in [0.1, 0.15) is 0 Å². The van der Waals surface area contributed by atoms with E-state index >= 15 is 0 Å². The molecular weight excluding hydrogens is 414 g/mol. The predicted molar refractivity (Wildman–Crippen MR) is 135 cm³/mol. The van der Waals surface area contributed by atoms with Crippen molar-refractivity contribution in [1.29, 1.82) is 5.41 Å². The van der Waals surface area contributed by atoms with E-state index in [1.165, 1.54) is 0 Å². The van der Waals surface area contributed by atoms with Crippen molar-refractivity contribution in [3.8, 4) is 11.3 Å². The Morgan fingerprint density at radius 3 is 2.58 bits per heavy atom. The van der Waals surface area contributed by atoms with Gasteiger partial charge in [0.15, 0.2) is 0 Å². The Bertz CT molecular complexity index is 1190. The first-order valence-electron chi connectivity index (χ1n) is 11.4. The number of piperazine rings is 1. The maximum Gasteiger partial charge on any atom is 0.258 e. The van der Waals surface area contributed by atoms with E-state index in [0.29, 0.717) is 22.7 Å². The van der Waals surface area contributed by atoms with Crippen molar-refractivity contribution in [2.24, 2.45) is 4.99 Å². The van der Waals surface area contributed by atoms with Crippen LogP contribution in [0.4, 0.5) is 11.4 Å². The number of aliphatic imine (C=N–C) groups is 1. The highest BCUT2D eigenvalue weighted by molar-refractivity contribution is 6.08. The first-order chi connectivity index (χ1) is 16.0. The van der Waals surface area contributed by atoms with E-state index in [1.807, 2.05) is 49.4 Å². The number of nitrogens with zero attached hydrogens (tertiary/aromatic N) is 3. The zero-order valence-electron chi connectivity index (χ0n) is 19.3. The van der Waals surface area contributed by atoms with Crippen molar-refractivity contribution in [1.82, 2.24) is 9.88 Å². The summed E-state index contributed by atoms with van der Waals surface area (Å²) in [6.45, 7) is 8.47. The number of benzene rings is 1. The molecule has 33 heavy (non-hydrogen) atoms. The van der Waals surface area contributed by atoms with Crippen LogP contribution in [-0.4, -0.2) is 65.7 Å². The summed E-state index contributed by atoms with van der Waals surface area (Å²) in [5.41, 5.74) is 5.65. The highest BCUT2D eigenvalue weighted by Crippen LogP contribution is 2.29. The third kappa shape index (κ3) is 5.05. The second-order valence-electron chi connectivity index (χ2n) is 8.50. The van der Waals surface area contributed by atoms with Gasteiger partial charge in [-0.3, -0.25) is 14.7 Å². The second-order valence-corrected chi connectivity index (χ2v) is 8.50. The molecule has 7 nitrogen and oxygen atoms in total. The monoisotopic (exact) mass is 445 g/mol. The molecule has 3 aliphatic rings. The molecule has 0 saturated carbocycles. The molecule has 0 aromatic heterocycles. The average Bonchev–Trinajstić information content (AvgIpc) is 2.96. The number of fused-ring (bicyclic) bond motifs is 1. The van der Waals surface area contributed by atoms with Gasteiger partial charge in [-0.1, -0.05) is 24.3 Å². The summed E-state index contributed by atoms with van der Waals surface area (Å²) in [5, 5.41) is 17.3. The highest BCUT2D eigenvalue weighted by atomic mass is 16.3. The highest BCUT2D eigenvalue weighted by Gasteiger charge is 2.20. The first-order valence-corrected chi connectivity index (χ1v) is 11.4. The summed E-state index contributed by atoms with van der Waals surface area (Å²) < 4.78 is 0. The summed E-state index contributed by atoms with van der Waals surface area (Å²) in [7, 11) is 0. The molecule has 172 valence electrons. The van der Waals surface area contributed by atoms with Gasteiger partial charge in [0, 0.05) is 67.6 Å². The van der Waals surface area contributed by atoms with E-state index in [4.69, 9.17) is 15.5 Å². The van der Waals surface area contributed by atoms with Crippen molar-refractivity contribution < 1.29 is 5.11 Å². The number of aromatic amines is 1. The van der Waals surface area contributed by atoms with E-state index < -0.39 is 0 Å². The number of H-pyrrole nitrogens is 1. The minimum atomic E-state index is -0.152. The molecule has 2 aliphatic heterocycles. The Morgan fingerprint density at radius 1 is 1.09 bits per heavy atom. The van der Waals surface area contributed by atoms with Crippen molar-refractivity contribution in [3.63, 3.8) is 0 Å². The van der Waals surface area contributed by atoms with Crippen LogP contribution in [0.5, 0.6) is 0 Å². The van der Waals surface area contributed by atoms with E-state index in [-0.39, 0.29) is 12.2 Å². The lowest BCUT2D eigenvalue weighted by Gasteiger charge is -2.36. The molecule has 2 heterocycles. The molecule has 7 heteroatoms. The Labute approximate surface area is 194 Å². The van der Waals surface area contributed by atoms with Gasteiger partial charge in [0.25, 0.3) is 5.56 Å². The lowest BCUT2D eigenvalue weighted by atomic mass is 10.0. The molecule has 1 aromatic rings. The predicted octanol–water partition coefficient (Wildman–Crippen LogP) is 3.51. The molecule has 3 N–H and O–H groups in total. The van der Waals surface area contributed by atoms with Gasteiger partial charge in [-0.15, -0.1) is 0 Å². The maximum absolute atomic E-state index is 12.7. The topological polar surface area (TPSA) is 95.8 Å². The Hall–Kier alpha value is -3.29. The van der Waals surface area contributed by atoms with Crippen molar-refractivity contribution in [3.05, 3.63) is 70.0 Å². The molecule has 1 fully saturated rings. The van der Waals surface area contributed by atoms with Crippen LogP contribution in [0.15, 0.2) is 58.3 Å². The smallest absolute Gasteiger partial charge is 0.258 e. The zero-order chi connectivity index (χ0) is 23.4. The summed E-state index contributed by atoms with van der Waals surface area (Å²) in [6.07, 6.45) is 0.805. The quantitative estimate of drug-likeness (QED) is 0.485. The van der Waals surface area contributed by atoms with Crippen molar-refractivity contribution in [2.75, 3.05) is 44.2 Å². The molecule has 0 bridgehead atoms. The number of aliphatic hydroxyl groups is 1. The van der Waals surface area contributed by atoms with Crippen LogP contribution in [0.25, 0.3) is 11.3 Å². The van der Waals surface area contributed by atoms with Crippen LogP contribution in [-0.2, 0) is 0 Å². The molecule has 0 atom stereocenters. The number of aromatic nitrogens is 1. The number of hydrogen-bond acceptors (Lipinski definition) is 6. The van der Waals surface area contributed by atoms with Gasteiger partial charge < -0.3 is 20.4 Å². The van der Waals surface area contributed by atoms with Crippen LogP contribution in [0, 0.1) is 5.41 Å². The summed E-state index contributed by atoms with van der Waals surface area (Å²) in [6, 6.07) is 15.6. The fourth-order valence-electron chi connectivity index (χ4n) is 4.43. The van der Waals surface area contributed by atoms with Gasteiger partial charge in [0.2, 0.25) is 0 Å². The summed E-state index contributed by atoms with van der Waals surface area (Å²) >= 11 is 0. The molecule has 1 saturated heterocycles. The van der Waals surface area contributed by atoms with Gasteiger partial charge >= 0.3 is 0 Å². The van der Waals surface area contributed by atoms with Gasteiger partial charge in [-0.25, -0.2) is 0 Å². The Balaban J connectivity index is 1.65. The molecule has 0 radical (unpaired) electrons. The Kier molecular flexibility index (Phi) is 7.01. The van der Waals surface area contributed by atoms with E-state index in [0.717, 1.165) is 61.7 Å². The average molecular weight is 446 g/mol. The molecule has 1 aliphatic carbocycles. The third-order valence-corrected chi connectivity index (χ3v) is 6.19. The fraction of sp³-hybridized carbons (Fsp3) is 0.346. The van der Waals surface area contributed by atoms with Crippen LogP contribution in [0.2, 0.25) is 0 Å². The molecule has 4 rings (SSSR count). The van der Waals surface area contributed by atoms with E-state index in [1.54, 1.807) is 6.92 Å². The normalized spacial score (nSPS) is 15.2. The molecule has 1 aromatic carbocycles. The van der Waals surface area contributed by atoms with Crippen LogP contribution in [0.3, 0.4) is 0 Å². The number of nitrogens with one attached hydrogen (secondary N) is 2. The zero-order valence-corrected chi connectivity index (χ0v) is 19.3. The van der Waals surface area contributed by atoms with Gasteiger partial charge in [0.05, 0.1) is 17.0 Å². The number of anilines is 1. The van der Waals surface area contributed by atoms with Crippen LogP contribution in [0.1, 0.15) is 31.4 Å². The van der Waals surface area contributed by atoms with Crippen LogP contribution >= 0.6 is 0 Å². The van der Waals surface area contributed by atoms with E-state index in [2.05, 4.69) is 20.9 Å². The summed E-state index contributed by atoms with van der Waals surface area (Å²) in [4.78, 5) is 25.2. The molecule has 0 unspecified atom stereocenters. The van der Waals surface area contributed by atoms with E-state index in [9.17, 15) is 4.79 Å². The molecule has 0 amide bonds. The minimum absolute atomic E-state index is 0.152. The number of aliphatic hydroxyl groups excluding tert-OH is 1. The second kappa shape index (κ2) is 10.1. The van der Waals surface area contributed by atoms with Gasteiger partial charge in [-0.05, 0) is 44.5 Å². The largest absolute Gasteiger partial charge is 0.396 e. The SMILES string of the molecule is CC(=N)c1ccc(N2CCN(CCCO)CC2)cc1N=C(C)c1c2cccccc-2[nH]c1=O. The number of rotatable bonds is 7. The lowest BCUT2D eigenvalue weighted by Crippen LogP contribution is -2.46. The fourth-order valence-corrected chi connectivity index (χ4v) is 4.43. The van der Waals surface area contributed by atoms with Crippen molar-refractivity contribution in [2.45, 2.75) is 20.3 Å². The van der Waals surface area contributed by atoms with Crippen molar-refractivity contribution >= 4 is 22.8 Å². The van der Waals surface area contributed by atoms with Gasteiger partial charge in [-0.2, -0.15) is 0 Å². The first kappa shape index (κ1) is 22.9. The van der Waals surface area contributed by atoms with Crippen LogP contribution < -0.4 is 10.5 Å². The lowest BCUT2D eigenvalue weighted by molar-refractivity contribution is 0.216.